The highest BCUT2D eigenvalue weighted by Gasteiger charge is 2.19. The Balaban J connectivity index is 2.12. The number of carbonyl (C=O) groups excluding carboxylic acids is 2. The number of aromatic nitrogens is 1. The molecule has 0 saturated heterocycles. The first-order valence-corrected chi connectivity index (χ1v) is 7.06. The van der Waals surface area contributed by atoms with E-state index in [1.54, 1.807) is 24.3 Å². The van der Waals surface area contributed by atoms with E-state index in [-0.39, 0.29) is 34.3 Å². The second kappa shape index (κ2) is 5.13. The number of azo groups is 1. The van der Waals surface area contributed by atoms with Crippen molar-refractivity contribution in [1.82, 2.24) is 4.57 Å². The predicted molar refractivity (Wildman–Crippen MR) is 79.3 cm³/mol. The topological polar surface area (TPSA) is 96.4 Å². The van der Waals surface area contributed by atoms with E-state index in [1.165, 1.54) is 23.3 Å². The SMILES string of the molecule is CC(=O)n1c(O)c(N=NC2=NC(=O)CS2)c2ccccc21. The maximum Gasteiger partial charge on any atom is 0.258 e. The highest BCUT2D eigenvalue weighted by molar-refractivity contribution is 8.14. The van der Waals surface area contributed by atoms with Gasteiger partial charge in [0.05, 0.1) is 11.3 Å². The van der Waals surface area contributed by atoms with E-state index in [0.717, 1.165) is 0 Å². The number of rotatable bonds is 1. The van der Waals surface area contributed by atoms with Crippen LogP contribution >= 0.6 is 11.8 Å². The molecule has 0 radical (unpaired) electrons. The summed E-state index contributed by atoms with van der Waals surface area (Å²) in [4.78, 5) is 26.4. The minimum absolute atomic E-state index is 0.184. The second-order valence-corrected chi connectivity index (χ2v) is 5.26. The summed E-state index contributed by atoms with van der Waals surface area (Å²) in [5.41, 5.74) is 0.733. The van der Waals surface area contributed by atoms with E-state index in [4.69, 9.17) is 0 Å². The van der Waals surface area contributed by atoms with E-state index >= 15 is 0 Å². The summed E-state index contributed by atoms with van der Waals surface area (Å²) >= 11 is 1.18. The molecule has 21 heavy (non-hydrogen) atoms. The van der Waals surface area contributed by atoms with Crippen LogP contribution in [0.1, 0.15) is 11.7 Å². The van der Waals surface area contributed by atoms with Gasteiger partial charge in [0, 0.05) is 12.3 Å². The van der Waals surface area contributed by atoms with Crippen molar-refractivity contribution in [2.75, 3.05) is 5.75 Å². The summed E-state index contributed by atoms with van der Waals surface area (Å²) in [6, 6.07) is 6.98. The molecule has 2 heterocycles. The van der Waals surface area contributed by atoms with Crippen LogP contribution in [0.4, 0.5) is 5.69 Å². The Hall–Kier alpha value is -2.48. The Morgan fingerprint density at radius 2 is 2.14 bits per heavy atom. The molecule has 0 atom stereocenters. The van der Waals surface area contributed by atoms with Crippen LogP contribution in [-0.2, 0) is 4.79 Å². The van der Waals surface area contributed by atoms with Gasteiger partial charge in [-0.3, -0.25) is 9.59 Å². The zero-order valence-corrected chi connectivity index (χ0v) is 11.8. The summed E-state index contributed by atoms with van der Waals surface area (Å²) in [6.07, 6.45) is 0. The minimum atomic E-state index is -0.326. The lowest BCUT2D eigenvalue weighted by Gasteiger charge is -1.99. The maximum absolute atomic E-state index is 11.7. The van der Waals surface area contributed by atoms with Gasteiger partial charge >= 0.3 is 0 Å². The van der Waals surface area contributed by atoms with Crippen LogP contribution in [0.25, 0.3) is 10.9 Å². The van der Waals surface area contributed by atoms with Gasteiger partial charge in [0.15, 0.2) is 5.69 Å². The van der Waals surface area contributed by atoms with Crippen LogP contribution < -0.4 is 0 Å². The summed E-state index contributed by atoms with van der Waals surface area (Å²) in [7, 11) is 0. The van der Waals surface area contributed by atoms with E-state index < -0.39 is 0 Å². The van der Waals surface area contributed by atoms with Crippen LogP contribution in [0.3, 0.4) is 0 Å². The molecule has 7 nitrogen and oxygen atoms in total. The van der Waals surface area contributed by atoms with Crippen LogP contribution in [-0.4, -0.2) is 32.4 Å². The van der Waals surface area contributed by atoms with E-state index in [1.807, 2.05) is 0 Å². The van der Waals surface area contributed by atoms with E-state index in [0.29, 0.717) is 10.9 Å². The molecule has 106 valence electrons. The number of aromatic hydroxyl groups is 1. The Labute approximate surface area is 123 Å². The van der Waals surface area contributed by atoms with Crippen molar-refractivity contribution in [2.45, 2.75) is 6.92 Å². The third-order valence-corrected chi connectivity index (χ3v) is 3.74. The molecule has 1 aliphatic rings. The number of carbonyl (C=O) groups is 2. The Morgan fingerprint density at radius 1 is 1.38 bits per heavy atom. The Kier molecular flexibility index (Phi) is 3.30. The molecular weight excluding hydrogens is 292 g/mol. The van der Waals surface area contributed by atoms with Gasteiger partial charge in [-0.05, 0) is 6.07 Å². The molecule has 3 rings (SSSR count). The number of hydrogen-bond donors (Lipinski definition) is 1. The van der Waals surface area contributed by atoms with Crippen molar-refractivity contribution in [3.63, 3.8) is 0 Å². The highest BCUT2D eigenvalue weighted by Crippen LogP contribution is 2.38. The average Bonchev–Trinajstić information content (AvgIpc) is 2.97. The monoisotopic (exact) mass is 302 g/mol. The maximum atomic E-state index is 11.7. The van der Waals surface area contributed by atoms with Crippen molar-refractivity contribution in [1.29, 1.82) is 0 Å². The van der Waals surface area contributed by atoms with Gasteiger partial charge in [-0.1, -0.05) is 30.0 Å². The number of amidine groups is 1. The fourth-order valence-corrected chi connectivity index (χ4v) is 2.65. The standard InChI is InChI=1S/C13H10N4O3S/c1-7(18)17-9-5-3-2-4-8(9)11(12(17)20)15-16-13-14-10(19)6-21-13/h2-5,20H,6H2,1H3. The van der Waals surface area contributed by atoms with Crippen LogP contribution in [0.15, 0.2) is 39.5 Å². The van der Waals surface area contributed by atoms with Gasteiger partial charge in [-0.15, -0.1) is 10.2 Å². The van der Waals surface area contributed by atoms with E-state index in [9.17, 15) is 14.7 Å². The van der Waals surface area contributed by atoms with Crippen LogP contribution in [0.2, 0.25) is 0 Å². The molecule has 0 bridgehead atoms. The lowest BCUT2D eigenvalue weighted by atomic mass is 10.2. The van der Waals surface area contributed by atoms with Gasteiger partial charge in [-0.25, -0.2) is 4.57 Å². The highest BCUT2D eigenvalue weighted by atomic mass is 32.2. The molecule has 1 aromatic heterocycles. The number of aliphatic imine (C=N–C) groups is 1. The lowest BCUT2D eigenvalue weighted by molar-refractivity contribution is -0.115. The summed E-state index contributed by atoms with van der Waals surface area (Å²) in [5.74, 6) is -0.616. The number of para-hydroxylation sites is 1. The normalized spacial score (nSPS) is 15.1. The van der Waals surface area contributed by atoms with Crippen molar-refractivity contribution < 1.29 is 14.7 Å². The lowest BCUT2D eigenvalue weighted by Crippen LogP contribution is -2.03. The molecule has 0 unspecified atom stereocenters. The molecule has 1 aromatic carbocycles. The first kappa shape index (κ1) is 13.5. The Bertz CT molecular complexity index is 822. The van der Waals surface area contributed by atoms with Crippen LogP contribution in [0.5, 0.6) is 5.88 Å². The third-order valence-electron chi connectivity index (χ3n) is 2.92. The largest absolute Gasteiger partial charge is 0.493 e. The molecule has 1 N–H and O–H groups in total. The number of thioether (sulfide) groups is 1. The second-order valence-electron chi connectivity index (χ2n) is 4.32. The van der Waals surface area contributed by atoms with Gasteiger partial charge in [0.25, 0.3) is 5.91 Å². The van der Waals surface area contributed by atoms with Crippen molar-refractivity contribution in [2.24, 2.45) is 15.2 Å². The zero-order chi connectivity index (χ0) is 15.0. The molecule has 2 aromatic rings. The summed E-state index contributed by atoms with van der Waals surface area (Å²) < 4.78 is 1.17. The molecule has 1 aliphatic heterocycles. The Morgan fingerprint density at radius 3 is 2.81 bits per heavy atom. The number of hydrogen-bond acceptors (Lipinski definition) is 6. The van der Waals surface area contributed by atoms with Gasteiger partial charge in [0.2, 0.25) is 17.0 Å². The smallest absolute Gasteiger partial charge is 0.258 e. The van der Waals surface area contributed by atoms with Crippen molar-refractivity contribution in [3.8, 4) is 5.88 Å². The fourth-order valence-electron chi connectivity index (χ4n) is 2.07. The molecular formula is C13H10N4O3S. The first-order chi connectivity index (χ1) is 10.1. The number of fused-ring (bicyclic) bond motifs is 1. The molecule has 0 aliphatic carbocycles. The number of nitrogens with zero attached hydrogens (tertiary/aromatic N) is 4. The molecule has 0 saturated carbocycles. The van der Waals surface area contributed by atoms with Gasteiger partial charge in [0.1, 0.15) is 0 Å². The van der Waals surface area contributed by atoms with Crippen molar-refractivity contribution in [3.05, 3.63) is 24.3 Å². The summed E-state index contributed by atoms with van der Waals surface area (Å²) in [6.45, 7) is 1.35. The summed E-state index contributed by atoms with van der Waals surface area (Å²) in [5, 5.41) is 18.8. The van der Waals surface area contributed by atoms with Gasteiger partial charge in [-0.2, -0.15) is 4.99 Å². The minimum Gasteiger partial charge on any atom is -0.493 e. The molecule has 0 fully saturated rings. The first-order valence-electron chi connectivity index (χ1n) is 6.07. The van der Waals surface area contributed by atoms with Crippen molar-refractivity contribution >= 4 is 45.3 Å². The fraction of sp³-hybridized carbons (Fsp3) is 0.154. The predicted octanol–water partition coefficient (Wildman–Crippen LogP) is 2.72. The third kappa shape index (κ3) is 2.33. The number of amides is 1. The molecule has 0 spiro atoms. The number of benzene rings is 1. The molecule has 8 heteroatoms. The zero-order valence-electron chi connectivity index (χ0n) is 11.0. The van der Waals surface area contributed by atoms with E-state index in [2.05, 4.69) is 15.2 Å². The van der Waals surface area contributed by atoms with Crippen LogP contribution in [0, 0.1) is 0 Å². The van der Waals surface area contributed by atoms with Gasteiger partial charge < -0.3 is 5.11 Å². The average molecular weight is 302 g/mol. The quantitative estimate of drug-likeness (QED) is 0.819. The molecule has 1 amide bonds.